The van der Waals surface area contributed by atoms with E-state index in [4.69, 9.17) is 5.73 Å². The van der Waals surface area contributed by atoms with Crippen molar-refractivity contribution in [2.45, 2.75) is 13.3 Å². The Morgan fingerprint density at radius 2 is 2.13 bits per heavy atom. The number of amides is 1. The highest BCUT2D eigenvalue weighted by atomic mass is 16.1. The van der Waals surface area contributed by atoms with Crippen molar-refractivity contribution in [3.05, 3.63) is 35.5 Å². The minimum absolute atomic E-state index is 0.383. The van der Waals surface area contributed by atoms with Crippen molar-refractivity contribution in [2.24, 2.45) is 12.8 Å². The van der Waals surface area contributed by atoms with E-state index in [0.29, 0.717) is 5.69 Å². The summed E-state index contributed by atoms with van der Waals surface area (Å²) in [5, 5.41) is 1.07. The first-order valence-electron chi connectivity index (χ1n) is 5.01. The molecule has 0 radical (unpaired) electrons. The average molecular weight is 202 g/mol. The van der Waals surface area contributed by atoms with Crippen LogP contribution in [-0.4, -0.2) is 10.5 Å². The number of hydrogen-bond acceptors (Lipinski definition) is 1. The van der Waals surface area contributed by atoms with Crippen LogP contribution in [0.2, 0.25) is 0 Å². The summed E-state index contributed by atoms with van der Waals surface area (Å²) in [6.07, 6.45) is 0.997. The van der Waals surface area contributed by atoms with Crippen molar-refractivity contribution in [3.63, 3.8) is 0 Å². The van der Waals surface area contributed by atoms with Gasteiger partial charge in [-0.2, -0.15) is 0 Å². The lowest BCUT2D eigenvalue weighted by molar-refractivity contribution is 0.0993. The van der Waals surface area contributed by atoms with Gasteiger partial charge in [0.2, 0.25) is 0 Å². The van der Waals surface area contributed by atoms with Crippen molar-refractivity contribution in [1.29, 1.82) is 0 Å². The number of rotatable bonds is 2. The third kappa shape index (κ3) is 1.50. The molecular weight excluding hydrogens is 188 g/mol. The summed E-state index contributed by atoms with van der Waals surface area (Å²) < 4.78 is 1.83. The van der Waals surface area contributed by atoms with Crippen LogP contribution in [0.5, 0.6) is 0 Å². The first-order valence-corrected chi connectivity index (χ1v) is 5.01. The summed E-state index contributed by atoms with van der Waals surface area (Å²) in [5.74, 6) is -0.383. The lowest BCUT2D eigenvalue weighted by atomic mass is 10.1. The van der Waals surface area contributed by atoms with E-state index in [1.54, 1.807) is 0 Å². The summed E-state index contributed by atoms with van der Waals surface area (Å²) in [4.78, 5) is 11.1. The molecule has 0 saturated heterocycles. The SMILES string of the molecule is CCc1ccc2c(c1)cc(C(N)=O)n2C. The van der Waals surface area contributed by atoms with Gasteiger partial charge in [0.05, 0.1) is 0 Å². The summed E-state index contributed by atoms with van der Waals surface area (Å²) in [5.41, 5.74) is 8.15. The molecule has 1 aromatic heterocycles. The lowest BCUT2D eigenvalue weighted by Crippen LogP contribution is -2.14. The number of carbonyl (C=O) groups excluding carboxylic acids is 1. The number of fused-ring (bicyclic) bond motifs is 1. The zero-order valence-electron chi connectivity index (χ0n) is 8.95. The van der Waals surface area contributed by atoms with E-state index in [0.717, 1.165) is 17.3 Å². The van der Waals surface area contributed by atoms with Gasteiger partial charge in [-0.15, -0.1) is 0 Å². The molecule has 0 bridgehead atoms. The Hall–Kier alpha value is -1.77. The molecule has 15 heavy (non-hydrogen) atoms. The number of carbonyl (C=O) groups is 1. The van der Waals surface area contributed by atoms with Crippen LogP contribution in [0.4, 0.5) is 0 Å². The van der Waals surface area contributed by atoms with Crippen LogP contribution in [0.1, 0.15) is 23.0 Å². The Bertz CT molecular complexity index is 526. The smallest absolute Gasteiger partial charge is 0.265 e. The van der Waals surface area contributed by atoms with Crippen LogP contribution in [0.3, 0.4) is 0 Å². The molecule has 0 saturated carbocycles. The van der Waals surface area contributed by atoms with Crippen LogP contribution < -0.4 is 5.73 Å². The molecule has 0 unspecified atom stereocenters. The van der Waals surface area contributed by atoms with Gasteiger partial charge in [-0.3, -0.25) is 4.79 Å². The van der Waals surface area contributed by atoms with E-state index in [-0.39, 0.29) is 5.91 Å². The molecular formula is C12H14N2O. The van der Waals surface area contributed by atoms with Crippen molar-refractivity contribution in [3.8, 4) is 0 Å². The number of primary amides is 1. The molecule has 0 aliphatic carbocycles. The fourth-order valence-corrected chi connectivity index (χ4v) is 1.86. The second-order valence-corrected chi connectivity index (χ2v) is 3.70. The molecule has 3 nitrogen and oxygen atoms in total. The first-order chi connectivity index (χ1) is 7.13. The number of nitrogens with zero attached hydrogens (tertiary/aromatic N) is 1. The highest BCUT2D eigenvalue weighted by Crippen LogP contribution is 2.20. The van der Waals surface area contributed by atoms with Gasteiger partial charge >= 0.3 is 0 Å². The van der Waals surface area contributed by atoms with Gasteiger partial charge < -0.3 is 10.3 Å². The van der Waals surface area contributed by atoms with Crippen molar-refractivity contribution in [1.82, 2.24) is 4.57 Å². The number of nitrogens with two attached hydrogens (primary N) is 1. The van der Waals surface area contributed by atoms with E-state index >= 15 is 0 Å². The van der Waals surface area contributed by atoms with E-state index < -0.39 is 0 Å². The zero-order chi connectivity index (χ0) is 11.0. The number of aryl methyl sites for hydroxylation is 2. The second-order valence-electron chi connectivity index (χ2n) is 3.70. The van der Waals surface area contributed by atoms with Crippen LogP contribution in [0.25, 0.3) is 10.9 Å². The quantitative estimate of drug-likeness (QED) is 0.793. The maximum absolute atomic E-state index is 11.1. The zero-order valence-corrected chi connectivity index (χ0v) is 8.95. The maximum Gasteiger partial charge on any atom is 0.265 e. The van der Waals surface area contributed by atoms with E-state index in [1.165, 1.54) is 5.56 Å². The van der Waals surface area contributed by atoms with Crippen molar-refractivity contribution >= 4 is 16.8 Å². The summed E-state index contributed by atoms with van der Waals surface area (Å²) in [6.45, 7) is 2.11. The topological polar surface area (TPSA) is 48.0 Å². The Morgan fingerprint density at radius 1 is 1.40 bits per heavy atom. The molecule has 2 aromatic rings. The highest BCUT2D eigenvalue weighted by Gasteiger charge is 2.09. The van der Waals surface area contributed by atoms with E-state index in [2.05, 4.69) is 19.1 Å². The van der Waals surface area contributed by atoms with Gasteiger partial charge in [0.25, 0.3) is 5.91 Å². The lowest BCUT2D eigenvalue weighted by Gasteiger charge is -2.00. The Morgan fingerprint density at radius 3 is 2.73 bits per heavy atom. The molecule has 78 valence electrons. The molecule has 0 spiro atoms. The van der Waals surface area contributed by atoms with Crippen LogP contribution in [-0.2, 0) is 13.5 Å². The van der Waals surface area contributed by atoms with E-state index in [9.17, 15) is 4.79 Å². The molecule has 0 atom stereocenters. The molecule has 1 heterocycles. The Labute approximate surface area is 88.5 Å². The van der Waals surface area contributed by atoms with Gasteiger partial charge in [-0.05, 0) is 30.2 Å². The van der Waals surface area contributed by atoms with Crippen LogP contribution >= 0.6 is 0 Å². The fraction of sp³-hybridized carbons (Fsp3) is 0.250. The predicted molar refractivity (Wildman–Crippen MR) is 60.8 cm³/mol. The molecule has 1 amide bonds. The Kier molecular flexibility index (Phi) is 2.23. The van der Waals surface area contributed by atoms with Gasteiger partial charge in [0.15, 0.2) is 0 Å². The standard InChI is InChI=1S/C12H14N2O/c1-3-8-4-5-10-9(6-8)7-11(12(13)15)14(10)2/h4-7H,3H2,1-2H3,(H2,13,15). The minimum Gasteiger partial charge on any atom is -0.364 e. The Balaban J connectivity index is 2.70. The first kappa shape index (κ1) is 9.77. The summed E-state index contributed by atoms with van der Waals surface area (Å²) >= 11 is 0. The summed E-state index contributed by atoms with van der Waals surface area (Å²) in [7, 11) is 1.86. The molecule has 3 heteroatoms. The maximum atomic E-state index is 11.1. The number of benzene rings is 1. The molecule has 2 rings (SSSR count). The monoisotopic (exact) mass is 202 g/mol. The third-order valence-electron chi connectivity index (χ3n) is 2.77. The molecule has 1 aromatic carbocycles. The van der Waals surface area contributed by atoms with Crippen molar-refractivity contribution < 1.29 is 4.79 Å². The largest absolute Gasteiger partial charge is 0.364 e. The molecule has 0 aliphatic rings. The molecule has 0 fully saturated rings. The summed E-state index contributed by atoms with van der Waals surface area (Å²) in [6, 6.07) is 8.05. The number of aromatic nitrogens is 1. The van der Waals surface area contributed by atoms with Gasteiger partial charge in [-0.1, -0.05) is 13.0 Å². The third-order valence-corrected chi connectivity index (χ3v) is 2.77. The second kappa shape index (κ2) is 3.42. The van der Waals surface area contributed by atoms with Crippen LogP contribution in [0.15, 0.2) is 24.3 Å². The highest BCUT2D eigenvalue weighted by molar-refractivity contribution is 5.97. The van der Waals surface area contributed by atoms with Gasteiger partial charge in [-0.25, -0.2) is 0 Å². The molecule has 0 aliphatic heterocycles. The molecule has 2 N–H and O–H groups in total. The average Bonchev–Trinajstić information content (AvgIpc) is 2.55. The number of hydrogen-bond donors (Lipinski definition) is 1. The van der Waals surface area contributed by atoms with Gasteiger partial charge in [0.1, 0.15) is 5.69 Å². The van der Waals surface area contributed by atoms with E-state index in [1.807, 2.05) is 23.7 Å². The van der Waals surface area contributed by atoms with Crippen molar-refractivity contribution in [2.75, 3.05) is 0 Å². The fourth-order valence-electron chi connectivity index (χ4n) is 1.86. The predicted octanol–water partition coefficient (Wildman–Crippen LogP) is 1.84. The normalized spacial score (nSPS) is 10.8. The minimum atomic E-state index is -0.383. The van der Waals surface area contributed by atoms with Crippen LogP contribution in [0, 0.1) is 0 Å². The van der Waals surface area contributed by atoms with Gasteiger partial charge in [0, 0.05) is 18.0 Å².